The second kappa shape index (κ2) is 5.03. The van der Waals surface area contributed by atoms with Crippen LogP contribution in [0, 0.1) is 18.6 Å². The van der Waals surface area contributed by atoms with Crippen molar-refractivity contribution in [2.75, 3.05) is 17.6 Å². The summed E-state index contributed by atoms with van der Waals surface area (Å²) in [5.74, 6) is -1.41. The van der Waals surface area contributed by atoms with Gasteiger partial charge in [-0.2, -0.15) is 5.10 Å². The van der Waals surface area contributed by atoms with Crippen LogP contribution in [0.1, 0.15) is 5.56 Å². The van der Waals surface area contributed by atoms with E-state index in [1.54, 1.807) is 10.9 Å². The number of benzene rings is 1. The highest BCUT2D eigenvalue weighted by Crippen LogP contribution is 2.22. The Bertz CT molecular complexity index is 551. The number of aryl methyl sites for hydroxylation is 1. The zero-order chi connectivity index (χ0) is 13.1. The summed E-state index contributed by atoms with van der Waals surface area (Å²) in [6.45, 7) is 3.01. The molecule has 0 fully saturated rings. The molecule has 0 saturated heterocycles. The molecule has 0 aliphatic rings. The van der Waals surface area contributed by atoms with E-state index in [0.717, 1.165) is 11.6 Å². The number of nitrogens with zero attached hydrogens (tertiary/aromatic N) is 2. The van der Waals surface area contributed by atoms with Gasteiger partial charge in [0.25, 0.3) is 0 Å². The first kappa shape index (κ1) is 12.3. The van der Waals surface area contributed by atoms with E-state index in [2.05, 4.69) is 10.4 Å². The SMILES string of the molecule is Cc1cnn(CCNc2cc(F)cc(F)c2N)c1. The highest BCUT2D eigenvalue weighted by atomic mass is 19.1. The third-order valence-electron chi connectivity index (χ3n) is 2.51. The van der Waals surface area contributed by atoms with Crippen LogP contribution < -0.4 is 11.1 Å². The van der Waals surface area contributed by atoms with Crippen molar-refractivity contribution in [2.24, 2.45) is 0 Å². The highest BCUT2D eigenvalue weighted by molar-refractivity contribution is 5.66. The van der Waals surface area contributed by atoms with Crippen LogP contribution in [0.4, 0.5) is 20.2 Å². The predicted molar refractivity (Wildman–Crippen MR) is 66.2 cm³/mol. The molecule has 0 aliphatic heterocycles. The van der Waals surface area contributed by atoms with Gasteiger partial charge in [0, 0.05) is 18.8 Å². The fourth-order valence-electron chi connectivity index (χ4n) is 1.63. The normalized spacial score (nSPS) is 10.6. The van der Waals surface area contributed by atoms with Crippen molar-refractivity contribution < 1.29 is 8.78 Å². The third kappa shape index (κ3) is 2.77. The first-order chi connectivity index (χ1) is 8.56. The van der Waals surface area contributed by atoms with E-state index in [1.165, 1.54) is 6.07 Å². The van der Waals surface area contributed by atoms with Gasteiger partial charge in [0.1, 0.15) is 5.82 Å². The van der Waals surface area contributed by atoms with Crippen LogP contribution in [0.3, 0.4) is 0 Å². The number of nitrogens with two attached hydrogens (primary N) is 1. The molecule has 0 unspecified atom stereocenters. The lowest BCUT2D eigenvalue weighted by atomic mass is 10.2. The molecule has 4 nitrogen and oxygen atoms in total. The van der Waals surface area contributed by atoms with E-state index >= 15 is 0 Å². The van der Waals surface area contributed by atoms with E-state index in [4.69, 9.17) is 5.73 Å². The Morgan fingerprint density at radius 3 is 2.83 bits per heavy atom. The molecule has 1 aromatic carbocycles. The Labute approximate surface area is 103 Å². The van der Waals surface area contributed by atoms with Crippen molar-refractivity contribution >= 4 is 11.4 Å². The van der Waals surface area contributed by atoms with Gasteiger partial charge in [0.15, 0.2) is 5.82 Å². The summed E-state index contributed by atoms with van der Waals surface area (Å²) in [7, 11) is 0. The van der Waals surface area contributed by atoms with E-state index in [-0.39, 0.29) is 11.4 Å². The average molecular weight is 252 g/mol. The van der Waals surface area contributed by atoms with Crippen molar-refractivity contribution in [1.82, 2.24) is 9.78 Å². The molecule has 0 radical (unpaired) electrons. The van der Waals surface area contributed by atoms with E-state index in [0.29, 0.717) is 13.1 Å². The van der Waals surface area contributed by atoms with Crippen LogP contribution in [0.2, 0.25) is 0 Å². The fraction of sp³-hybridized carbons (Fsp3) is 0.250. The molecule has 0 saturated carbocycles. The molecule has 0 bridgehead atoms. The zero-order valence-corrected chi connectivity index (χ0v) is 9.95. The molecule has 2 rings (SSSR count). The summed E-state index contributed by atoms with van der Waals surface area (Å²) >= 11 is 0. The maximum absolute atomic E-state index is 13.2. The maximum Gasteiger partial charge on any atom is 0.151 e. The molecule has 0 spiro atoms. The summed E-state index contributed by atoms with van der Waals surface area (Å²) in [4.78, 5) is 0. The van der Waals surface area contributed by atoms with Crippen molar-refractivity contribution in [3.63, 3.8) is 0 Å². The van der Waals surface area contributed by atoms with Gasteiger partial charge in [-0.3, -0.25) is 4.68 Å². The number of nitrogen functional groups attached to an aromatic ring is 1. The lowest BCUT2D eigenvalue weighted by Crippen LogP contribution is -2.12. The Balaban J connectivity index is 1.98. The van der Waals surface area contributed by atoms with Crippen molar-refractivity contribution in [1.29, 1.82) is 0 Å². The number of hydrogen-bond donors (Lipinski definition) is 2. The predicted octanol–water partition coefficient (Wildman–Crippen LogP) is 2.16. The average Bonchev–Trinajstić information content (AvgIpc) is 2.71. The van der Waals surface area contributed by atoms with Gasteiger partial charge >= 0.3 is 0 Å². The molecule has 2 aromatic rings. The Hall–Kier alpha value is -2.11. The molecular weight excluding hydrogens is 238 g/mol. The summed E-state index contributed by atoms with van der Waals surface area (Å²) in [5, 5.41) is 6.99. The van der Waals surface area contributed by atoms with Crippen LogP contribution >= 0.6 is 0 Å². The Morgan fingerprint density at radius 2 is 2.17 bits per heavy atom. The number of aromatic nitrogens is 2. The summed E-state index contributed by atoms with van der Waals surface area (Å²) in [6, 6.07) is 1.93. The maximum atomic E-state index is 13.2. The molecule has 96 valence electrons. The number of halogens is 2. The third-order valence-corrected chi connectivity index (χ3v) is 2.51. The topological polar surface area (TPSA) is 55.9 Å². The molecule has 0 amide bonds. The molecule has 0 aliphatic carbocycles. The van der Waals surface area contributed by atoms with Gasteiger partial charge in [-0.25, -0.2) is 8.78 Å². The lowest BCUT2D eigenvalue weighted by Gasteiger charge is -2.10. The van der Waals surface area contributed by atoms with Crippen LogP contribution in [-0.2, 0) is 6.54 Å². The molecule has 3 N–H and O–H groups in total. The second-order valence-corrected chi connectivity index (χ2v) is 4.06. The minimum atomic E-state index is -0.757. The first-order valence-corrected chi connectivity index (χ1v) is 5.53. The molecule has 6 heteroatoms. The minimum absolute atomic E-state index is 0.0759. The zero-order valence-electron chi connectivity index (χ0n) is 9.95. The first-order valence-electron chi connectivity index (χ1n) is 5.53. The smallest absolute Gasteiger partial charge is 0.151 e. The molecule has 18 heavy (non-hydrogen) atoms. The van der Waals surface area contributed by atoms with Crippen LogP contribution in [-0.4, -0.2) is 16.3 Å². The van der Waals surface area contributed by atoms with Crippen molar-refractivity contribution in [3.8, 4) is 0 Å². The number of rotatable bonds is 4. The highest BCUT2D eigenvalue weighted by Gasteiger charge is 2.07. The van der Waals surface area contributed by atoms with Gasteiger partial charge in [0.05, 0.1) is 24.1 Å². The molecular formula is C12H14F2N4. The van der Waals surface area contributed by atoms with Gasteiger partial charge < -0.3 is 11.1 Å². The van der Waals surface area contributed by atoms with Crippen LogP contribution in [0.5, 0.6) is 0 Å². The fourth-order valence-corrected chi connectivity index (χ4v) is 1.63. The summed E-state index contributed by atoms with van der Waals surface area (Å²) in [5.41, 5.74) is 6.75. The van der Waals surface area contributed by atoms with Crippen LogP contribution in [0.25, 0.3) is 0 Å². The largest absolute Gasteiger partial charge is 0.395 e. The van der Waals surface area contributed by atoms with Crippen molar-refractivity contribution in [2.45, 2.75) is 13.5 Å². The van der Waals surface area contributed by atoms with Gasteiger partial charge in [-0.05, 0) is 18.6 Å². The van der Waals surface area contributed by atoms with E-state index < -0.39 is 11.6 Å². The minimum Gasteiger partial charge on any atom is -0.395 e. The summed E-state index contributed by atoms with van der Waals surface area (Å²) < 4.78 is 27.9. The molecule has 0 atom stereocenters. The standard InChI is InChI=1S/C12H14F2N4/c1-8-6-17-18(7-8)3-2-16-11-5-9(13)4-10(14)12(11)15/h4-7,16H,2-3,15H2,1H3. The lowest BCUT2D eigenvalue weighted by molar-refractivity contribution is 0.586. The van der Waals surface area contributed by atoms with E-state index in [1.807, 2.05) is 13.1 Å². The van der Waals surface area contributed by atoms with Crippen LogP contribution in [0.15, 0.2) is 24.5 Å². The Kier molecular flexibility index (Phi) is 3.45. The van der Waals surface area contributed by atoms with Crippen molar-refractivity contribution in [3.05, 3.63) is 41.7 Å². The number of hydrogen-bond acceptors (Lipinski definition) is 3. The number of nitrogens with one attached hydrogen (secondary N) is 1. The number of anilines is 2. The second-order valence-electron chi connectivity index (χ2n) is 4.06. The molecule has 1 aromatic heterocycles. The quantitative estimate of drug-likeness (QED) is 0.820. The van der Waals surface area contributed by atoms with Gasteiger partial charge in [-0.1, -0.05) is 0 Å². The summed E-state index contributed by atoms with van der Waals surface area (Å²) in [6.07, 6.45) is 3.63. The van der Waals surface area contributed by atoms with E-state index in [9.17, 15) is 8.78 Å². The molecule has 1 heterocycles. The van der Waals surface area contributed by atoms with Gasteiger partial charge in [-0.15, -0.1) is 0 Å². The Morgan fingerprint density at radius 1 is 1.39 bits per heavy atom. The monoisotopic (exact) mass is 252 g/mol. The van der Waals surface area contributed by atoms with Gasteiger partial charge in [0.2, 0.25) is 0 Å².